The van der Waals surface area contributed by atoms with Crippen LogP contribution in [0.1, 0.15) is 13.8 Å². The number of piperazine rings is 1. The van der Waals surface area contributed by atoms with Gasteiger partial charge in [0.25, 0.3) is 0 Å². The molecule has 0 aliphatic carbocycles. The number of aromatic nitrogens is 1. The molecule has 11 heteroatoms. The Morgan fingerprint density at radius 2 is 1.93 bits per heavy atom. The number of hydrogen-bond acceptors (Lipinski definition) is 6. The van der Waals surface area contributed by atoms with Gasteiger partial charge in [-0.05, 0) is 26.0 Å². The Kier molecular flexibility index (Phi) is 5.57. The first-order valence-electron chi connectivity index (χ1n) is 8.84. The van der Waals surface area contributed by atoms with Crippen LogP contribution in [0.5, 0.6) is 0 Å². The summed E-state index contributed by atoms with van der Waals surface area (Å²) < 4.78 is 33.3. The highest BCUT2D eigenvalue weighted by atomic mass is 32.2. The topological polar surface area (TPSA) is 122 Å². The molecule has 0 atom stereocenters. The standard InChI is InChI=1S/C17H22N4O6S/c1-12(2)18-16(23)10-21-14-4-3-13(9-15(14)27-17(21)24)28(25,26)20-7-5-19(11-22)6-8-20/h3-4,9,11-12H,5-8,10H2,1-2H3,(H,18,23). The van der Waals surface area contributed by atoms with E-state index in [1.807, 2.05) is 0 Å². The minimum absolute atomic E-state index is 0.00733. The molecule has 1 fully saturated rings. The van der Waals surface area contributed by atoms with Crippen molar-refractivity contribution in [2.45, 2.75) is 31.3 Å². The van der Waals surface area contributed by atoms with Gasteiger partial charge in [-0.25, -0.2) is 13.2 Å². The molecule has 28 heavy (non-hydrogen) atoms. The Morgan fingerprint density at radius 1 is 1.25 bits per heavy atom. The number of nitrogens with one attached hydrogen (secondary N) is 1. The second kappa shape index (κ2) is 7.76. The van der Waals surface area contributed by atoms with Gasteiger partial charge in [-0.15, -0.1) is 0 Å². The first-order valence-corrected chi connectivity index (χ1v) is 10.3. The zero-order chi connectivity index (χ0) is 20.5. The van der Waals surface area contributed by atoms with Crippen molar-refractivity contribution >= 4 is 33.4 Å². The number of fused-ring (bicyclic) bond motifs is 1. The second-order valence-corrected chi connectivity index (χ2v) is 8.79. The molecule has 1 saturated heterocycles. The van der Waals surface area contributed by atoms with Gasteiger partial charge in [0.05, 0.1) is 10.4 Å². The third-order valence-electron chi connectivity index (χ3n) is 4.45. The minimum Gasteiger partial charge on any atom is -0.408 e. The summed E-state index contributed by atoms with van der Waals surface area (Å²) in [5.74, 6) is -1.08. The molecule has 1 N–H and O–H groups in total. The van der Waals surface area contributed by atoms with Crippen molar-refractivity contribution in [2.24, 2.45) is 0 Å². The SMILES string of the molecule is CC(C)NC(=O)Cn1c(=O)oc2cc(S(=O)(=O)N3CCN(C=O)CC3)ccc21. The number of hydrogen-bond donors (Lipinski definition) is 1. The number of oxazole rings is 1. The number of amides is 2. The van der Waals surface area contributed by atoms with Gasteiger partial charge in [0.2, 0.25) is 22.3 Å². The first kappa shape index (κ1) is 20.1. The fraction of sp³-hybridized carbons (Fsp3) is 0.471. The molecule has 0 unspecified atom stereocenters. The van der Waals surface area contributed by atoms with Crippen molar-refractivity contribution < 1.29 is 22.4 Å². The van der Waals surface area contributed by atoms with Crippen molar-refractivity contribution in [1.29, 1.82) is 0 Å². The summed E-state index contributed by atoms with van der Waals surface area (Å²) in [5.41, 5.74) is 0.434. The van der Waals surface area contributed by atoms with Crippen LogP contribution in [0.2, 0.25) is 0 Å². The monoisotopic (exact) mass is 410 g/mol. The smallest absolute Gasteiger partial charge is 0.408 e. The Morgan fingerprint density at radius 3 is 2.54 bits per heavy atom. The number of rotatable bonds is 6. The van der Waals surface area contributed by atoms with Crippen LogP contribution in [-0.2, 0) is 26.2 Å². The van der Waals surface area contributed by atoms with Crippen LogP contribution >= 0.6 is 0 Å². The molecule has 2 heterocycles. The first-order chi connectivity index (χ1) is 13.2. The van der Waals surface area contributed by atoms with Crippen molar-refractivity contribution in [3.05, 3.63) is 28.7 Å². The van der Waals surface area contributed by atoms with Crippen LogP contribution in [-0.4, -0.2) is 66.7 Å². The highest BCUT2D eigenvalue weighted by Crippen LogP contribution is 2.22. The van der Waals surface area contributed by atoms with Gasteiger partial charge in [0.1, 0.15) is 6.54 Å². The maximum Gasteiger partial charge on any atom is 0.420 e. The van der Waals surface area contributed by atoms with Crippen molar-refractivity contribution in [3.8, 4) is 0 Å². The number of carbonyl (C=O) groups is 2. The van der Waals surface area contributed by atoms with Crippen LogP contribution in [0, 0.1) is 0 Å². The van der Waals surface area contributed by atoms with E-state index in [1.165, 1.54) is 27.4 Å². The zero-order valence-electron chi connectivity index (χ0n) is 15.6. The third-order valence-corrected chi connectivity index (χ3v) is 6.35. The van der Waals surface area contributed by atoms with Gasteiger partial charge in [-0.3, -0.25) is 14.2 Å². The predicted molar refractivity (Wildman–Crippen MR) is 100 cm³/mol. The molecule has 1 aromatic carbocycles. The fourth-order valence-electron chi connectivity index (χ4n) is 3.07. The van der Waals surface area contributed by atoms with Crippen LogP contribution in [0.15, 0.2) is 32.3 Å². The molecule has 3 rings (SSSR count). The van der Waals surface area contributed by atoms with E-state index in [-0.39, 0.29) is 42.1 Å². The molecule has 10 nitrogen and oxygen atoms in total. The Bertz CT molecular complexity index is 1050. The van der Waals surface area contributed by atoms with Gasteiger partial charge in [0.15, 0.2) is 5.58 Å². The van der Waals surface area contributed by atoms with E-state index in [1.54, 1.807) is 13.8 Å². The maximum absolute atomic E-state index is 12.8. The predicted octanol–water partition coefficient (Wildman–Crippen LogP) is -0.418. The van der Waals surface area contributed by atoms with Crippen LogP contribution in [0.3, 0.4) is 0 Å². The number of benzene rings is 1. The summed E-state index contributed by atoms with van der Waals surface area (Å²) in [6.45, 7) is 4.42. The Balaban J connectivity index is 1.88. The van der Waals surface area contributed by atoms with Crippen molar-refractivity contribution in [3.63, 3.8) is 0 Å². The Hall–Kier alpha value is -2.66. The van der Waals surface area contributed by atoms with E-state index < -0.39 is 15.8 Å². The molecule has 0 saturated carbocycles. The molecule has 0 bridgehead atoms. The van der Waals surface area contributed by atoms with Gasteiger partial charge in [-0.1, -0.05) is 0 Å². The molecule has 2 amide bonds. The summed E-state index contributed by atoms with van der Waals surface area (Å²) in [5, 5.41) is 2.69. The lowest BCUT2D eigenvalue weighted by atomic mass is 10.3. The molecular formula is C17H22N4O6S. The second-order valence-electron chi connectivity index (χ2n) is 6.85. The minimum atomic E-state index is -3.79. The van der Waals surface area contributed by atoms with Crippen LogP contribution in [0.25, 0.3) is 11.1 Å². The Labute approximate surface area is 161 Å². The molecule has 1 aliphatic rings. The molecule has 0 spiro atoms. The van der Waals surface area contributed by atoms with Crippen molar-refractivity contribution in [2.75, 3.05) is 26.2 Å². The molecule has 2 aromatic rings. The fourth-order valence-corrected chi connectivity index (χ4v) is 4.50. The average Bonchev–Trinajstić information content (AvgIpc) is 2.95. The van der Waals surface area contributed by atoms with Gasteiger partial charge in [0, 0.05) is 38.3 Å². The van der Waals surface area contributed by atoms with E-state index in [9.17, 15) is 22.8 Å². The van der Waals surface area contributed by atoms with Crippen LogP contribution < -0.4 is 11.1 Å². The quantitative estimate of drug-likeness (QED) is 0.646. The molecule has 1 aliphatic heterocycles. The maximum atomic E-state index is 12.8. The van der Waals surface area contributed by atoms with Gasteiger partial charge in [-0.2, -0.15) is 4.31 Å². The van der Waals surface area contributed by atoms with Crippen LogP contribution in [0.4, 0.5) is 0 Å². The van der Waals surface area contributed by atoms with Crippen molar-refractivity contribution in [1.82, 2.24) is 19.1 Å². The normalized spacial score (nSPS) is 15.9. The molecular weight excluding hydrogens is 388 g/mol. The lowest BCUT2D eigenvalue weighted by Gasteiger charge is -2.31. The van der Waals surface area contributed by atoms with E-state index in [2.05, 4.69) is 5.32 Å². The average molecular weight is 410 g/mol. The highest BCUT2D eigenvalue weighted by molar-refractivity contribution is 7.89. The third kappa shape index (κ3) is 3.94. The van der Waals surface area contributed by atoms with E-state index in [0.29, 0.717) is 25.0 Å². The summed E-state index contributed by atoms with van der Waals surface area (Å²) >= 11 is 0. The molecule has 152 valence electrons. The molecule has 1 aromatic heterocycles. The van der Waals surface area contributed by atoms with E-state index in [0.717, 1.165) is 4.57 Å². The van der Waals surface area contributed by atoms with Gasteiger partial charge >= 0.3 is 5.76 Å². The van der Waals surface area contributed by atoms with E-state index >= 15 is 0 Å². The van der Waals surface area contributed by atoms with Gasteiger partial charge < -0.3 is 14.6 Å². The lowest BCUT2D eigenvalue weighted by molar-refractivity contribution is -0.122. The number of sulfonamides is 1. The highest BCUT2D eigenvalue weighted by Gasteiger charge is 2.29. The lowest BCUT2D eigenvalue weighted by Crippen LogP contribution is -2.47. The number of nitrogens with zero attached hydrogens (tertiary/aromatic N) is 3. The summed E-state index contributed by atoms with van der Waals surface area (Å²) in [4.78, 5) is 36.4. The molecule has 0 radical (unpaired) electrons. The summed E-state index contributed by atoms with van der Waals surface area (Å²) in [6.07, 6.45) is 0.697. The summed E-state index contributed by atoms with van der Waals surface area (Å²) in [7, 11) is -3.79. The van der Waals surface area contributed by atoms with E-state index in [4.69, 9.17) is 4.42 Å². The number of carbonyl (C=O) groups excluding carboxylic acids is 2. The zero-order valence-corrected chi connectivity index (χ0v) is 16.4. The summed E-state index contributed by atoms with van der Waals surface area (Å²) in [6, 6.07) is 4.06. The largest absolute Gasteiger partial charge is 0.420 e.